The second-order valence-corrected chi connectivity index (χ2v) is 8.95. The summed E-state index contributed by atoms with van der Waals surface area (Å²) in [5, 5.41) is 3.72. The van der Waals surface area contributed by atoms with Crippen LogP contribution in [0.15, 0.2) is 6.07 Å². The summed E-state index contributed by atoms with van der Waals surface area (Å²) in [4.78, 5) is 1.48. The minimum atomic E-state index is 0.602. The highest BCUT2D eigenvalue weighted by Crippen LogP contribution is 2.43. The zero-order valence-corrected chi connectivity index (χ0v) is 14.8. The normalized spacial score (nSPS) is 21.6. The molecular formula is C18H28ClNS. The van der Waals surface area contributed by atoms with Crippen molar-refractivity contribution in [3.05, 3.63) is 20.8 Å². The van der Waals surface area contributed by atoms with Crippen molar-refractivity contribution in [2.45, 2.75) is 77.2 Å². The summed E-state index contributed by atoms with van der Waals surface area (Å²) in [6.45, 7) is 3.35. The van der Waals surface area contributed by atoms with Crippen LogP contribution in [0.25, 0.3) is 0 Å². The van der Waals surface area contributed by atoms with Crippen molar-refractivity contribution in [3.63, 3.8) is 0 Å². The Bertz CT molecular complexity index is 438. The Labute approximate surface area is 138 Å². The Hall–Kier alpha value is -0.0500. The zero-order chi connectivity index (χ0) is 14.7. The molecule has 118 valence electrons. The van der Waals surface area contributed by atoms with Crippen molar-refractivity contribution >= 4 is 22.9 Å². The molecule has 0 saturated heterocycles. The summed E-state index contributed by atoms with van der Waals surface area (Å²) >= 11 is 8.01. The molecule has 2 saturated carbocycles. The number of aryl methyl sites for hydroxylation is 2. The molecule has 21 heavy (non-hydrogen) atoms. The number of rotatable bonds is 7. The summed E-state index contributed by atoms with van der Waals surface area (Å²) in [6, 6.07) is 3.15. The van der Waals surface area contributed by atoms with Gasteiger partial charge < -0.3 is 5.32 Å². The maximum Gasteiger partial charge on any atom is 0.0960 e. The van der Waals surface area contributed by atoms with E-state index < -0.39 is 0 Å². The zero-order valence-electron chi connectivity index (χ0n) is 13.2. The molecule has 2 aliphatic rings. The van der Waals surface area contributed by atoms with Gasteiger partial charge in [-0.2, -0.15) is 0 Å². The first-order chi connectivity index (χ1) is 10.2. The molecule has 1 nitrogen and oxygen atoms in total. The van der Waals surface area contributed by atoms with Gasteiger partial charge in [-0.3, -0.25) is 0 Å². The number of thiophene rings is 1. The molecule has 0 radical (unpaired) electrons. The van der Waals surface area contributed by atoms with E-state index >= 15 is 0 Å². The van der Waals surface area contributed by atoms with Gasteiger partial charge in [-0.05, 0) is 75.5 Å². The van der Waals surface area contributed by atoms with Gasteiger partial charge in [-0.25, -0.2) is 0 Å². The van der Waals surface area contributed by atoms with E-state index in [1.54, 1.807) is 11.3 Å². The minimum absolute atomic E-state index is 0.602. The molecule has 0 bridgehead atoms. The molecular weight excluding hydrogens is 298 g/mol. The number of halogens is 1. The highest BCUT2D eigenvalue weighted by Gasteiger charge is 2.32. The fourth-order valence-corrected chi connectivity index (χ4v) is 5.03. The van der Waals surface area contributed by atoms with Crippen LogP contribution in [0, 0.1) is 12.3 Å². The van der Waals surface area contributed by atoms with Crippen LogP contribution in [-0.2, 0) is 6.42 Å². The SMILES string of the molecule is Cc1cc(CCC2(CCNC3CC3)CCCCC2)sc1Cl. The van der Waals surface area contributed by atoms with Crippen LogP contribution < -0.4 is 5.32 Å². The van der Waals surface area contributed by atoms with Gasteiger partial charge in [0, 0.05) is 10.9 Å². The molecule has 3 heteroatoms. The van der Waals surface area contributed by atoms with Crippen LogP contribution in [0.5, 0.6) is 0 Å². The first-order valence-corrected chi connectivity index (χ1v) is 9.85. The molecule has 0 aromatic carbocycles. The summed E-state index contributed by atoms with van der Waals surface area (Å²) in [6.07, 6.45) is 14.0. The number of nitrogens with one attached hydrogen (secondary N) is 1. The smallest absolute Gasteiger partial charge is 0.0960 e. The quantitative estimate of drug-likeness (QED) is 0.674. The molecule has 0 aliphatic heterocycles. The lowest BCUT2D eigenvalue weighted by molar-refractivity contribution is 0.157. The van der Waals surface area contributed by atoms with Crippen molar-refractivity contribution in [1.82, 2.24) is 5.32 Å². The highest BCUT2D eigenvalue weighted by atomic mass is 35.5. The lowest BCUT2D eigenvalue weighted by Gasteiger charge is -2.38. The highest BCUT2D eigenvalue weighted by molar-refractivity contribution is 7.16. The molecule has 2 fully saturated rings. The van der Waals surface area contributed by atoms with Crippen molar-refractivity contribution in [2.75, 3.05) is 6.54 Å². The minimum Gasteiger partial charge on any atom is -0.314 e. The van der Waals surface area contributed by atoms with Gasteiger partial charge in [0.15, 0.2) is 0 Å². The number of hydrogen-bond donors (Lipinski definition) is 1. The summed E-state index contributed by atoms with van der Waals surface area (Å²) in [7, 11) is 0. The summed E-state index contributed by atoms with van der Waals surface area (Å²) < 4.78 is 0.984. The van der Waals surface area contributed by atoms with E-state index in [2.05, 4.69) is 18.3 Å². The Morgan fingerprint density at radius 2 is 2.00 bits per heavy atom. The third-order valence-corrected chi connectivity index (χ3v) is 7.00. The average Bonchev–Trinajstić information content (AvgIpc) is 3.24. The monoisotopic (exact) mass is 325 g/mol. The Balaban J connectivity index is 1.55. The lowest BCUT2D eigenvalue weighted by atomic mass is 9.69. The van der Waals surface area contributed by atoms with Crippen molar-refractivity contribution in [3.8, 4) is 0 Å². The van der Waals surface area contributed by atoms with Gasteiger partial charge in [0.2, 0.25) is 0 Å². The van der Waals surface area contributed by atoms with E-state index in [4.69, 9.17) is 11.6 Å². The van der Waals surface area contributed by atoms with E-state index in [1.165, 1.54) is 81.2 Å². The van der Waals surface area contributed by atoms with Gasteiger partial charge in [-0.1, -0.05) is 30.9 Å². The van der Waals surface area contributed by atoms with E-state index in [9.17, 15) is 0 Å². The lowest BCUT2D eigenvalue weighted by Crippen LogP contribution is -2.30. The van der Waals surface area contributed by atoms with Crippen molar-refractivity contribution in [1.29, 1.82) is 0 Å². The molecule has 1 heterocycles. The Kier molecular flexibility index (Phi) is 5.29. The molecule has 1 N–H and O–H groups in total. The van der Waals surface area contributed by atoms with Gasteiger partial charge in [-0.15, -0.1) is 11.3 Å². The van der Waals surface area contributed by atoms with Crippen LogP contribution in [0.1, 0.15) is 68.2 Å². The largest absolute Gasteiger partial charge is 0.314 e. The molecule has 0 unspecified atom stereocenters. The number of hydrogen-bond acceptors (Lipinski definition) is 2. The summed E-state index contributed by atoms with van der Waals surface area (Å²) in [5.74, 6) is 0. The molecule has 1 aromatic heterocycles. The average molecular weight is 326 g/mol. The van der Waals surface area contributed by atoms with Crippen LogP contribution in [0.3, 0.4) is 0 Å². The molecule has 3 rings (SSSR count). The topological polar surface area (TPSA) is 12.0 Å². The van der Waals surface area contributed by atoms with Crippen LogP contribution in [0.2, 0.25) is 4.34 Å². The van der Waals surface area contributed by atoms with Gasteiger partial charge in [0.05, 0.1) is 4.34 Å². The van der Waals surface area contributed by atoms with Crippen LogP contribution in [0.4, 0.5) is 0 Å². The second-order valence-electron chi connectivity index (χ2n) is 7.21. The van der Waals surface area contributed by atoms with Crippen LogP contribution in [-0.4, -0.2) is 12.6 Å². The van der Waals surface area contributed by atoms with Crippen molar-refractivity contribution in [2.24, 2.45) is 5.41 Å². The maximum atomic E-state index is 6.22. The fraction of sp³-hybridized carbons (Fsp3) is 0.778. The Morgan fingerprint density at radius 3 is 2.62 bits per heavy atom. The molecule has 0 atom stereocenters. The summed E-state index contributed by atoms with van der Waals surface area (Å²) in [5.41, 5.74) is 1.86. The molecule has 0 amide bonds. The molecule has 1 aromatic rings. The van der Waals surface area contributed by atoms with E-state index in [1.807, 2.05) is 0 Å². The molecule has 0 spiro atoms. The van der Waals surface area contributed by atoms with Gasteiger partial charge in [0.1, 0.15) is 0 Å². The maximum absolute atomic E-state index is 6.22. The first kappa shape index (κ1) is 15.8. The fourth-order valence-electron chi connectivity index (χ4n) is 3.79. The third kappa shape index (κ3) is 4.46. The van der Waals surface area contributed by atoms with Gasteiger partial charge >= 0.3 is 0 Å². The molecule has 2 aliphatic carbocycles. The van der Waals surface area contributed by atoms with Crippen molar-refractivity contribution < 1.29 is 0 Å². The Morgan fingerprint density at radius 1 is 1.24 bits per heavy atom. The van der Waals surface area contributed by atoms with Gasteiger partial charge in [0.25, 0.3) is 0 Å². The van der Waals surface area contributed by atoms with E-state index in [0.717, 1.165) is 10.4 Å². The predicted molar refractivity (Wildman–Crippen MR) is 93.5 cm³/mol. The third-order valence-electron chi connectivity index (χ3n) is 5.39. The predicted octanol–water partition coefficient (Wildman–Crippen LogP) is 5.74. The standard InChI is InChI=1S/C18H28ClNS/c1-14-13-16(21-17(14)19)7-10-18(8-3-2-4-9-18)11-12-20-15-5-6-15/h13,15,20H,2-12H2,1H3. The second kappa shape index (κ2) is 7.02. The van der Waals surface area contributed by atoms with E-state index in [0.29, 0.717) is 5.41 Å². The van der Waals surface area contributed by atoms with Crippen LogP contribution >= 0.6 is 22.9 Å². The first-order valence-electron chi connectivity index (χ1n) is 8.65. The van der Waals surface area contributed by atoms with E-state index in [-0.39, 0.29) is 0 Å².